The third kappa shape index (κ3) is 9.20. The molecule has 1 heterocycles. The van der Waals surface area contributed by atoms with Crippen LogP contribution >= 0.6 is 0 Å². The zero-order chi connectivity index (χ0) is 26.7. The highest BCUT2D eigenvalue weighted by atomic mass is 32.2. The Balaban J connectivity index is 0.000000266. The van der Waals surface area contributed by atoms with Gasteiger partial charge in [-0.05, 0) is 41.0 Å². The number of imidazole rings is 1. The van der Waals surface area contributed by atoms with Gasteiger partial charge in [-0.25, -0.2) is 17.6 Å². The molecule has 3 aromatic carbocycles. The van der Waals surface area contributed by atoms with Gasteiger partial charge in [-0.3, -0.25) is 0 Å². The summed E-state index contributed by atoms with van der Waals surface area (Å²) in [4.78, 5) is -0.215. The van der Waals surface area contributed by atoms with Crippen LogP contribution in [0.4, 0.5) is 0 Å². The van der Waals surface area contributed by atoms with Crippen LogP contribution < -0.4 is 9.30 Å². The predicted octanol–water partition coefficient (Wildman–Crippen LogP) is 4.14. The van der Waals surface area contributed by atoms with E-state index in [1.807, 2.05) is 59.7 Å². The summed E-state index contributed by atoms with van der Waals surface area (Å²) < 4.78 is 41.0. The maximum Gasteiger partial charge on any atom is 0.244 e. The maximum absolute atomic E-state index is 10.5. The summed E-state index contributed by atoms with van der Waals surface area (Å²) in [7, 11) is -4.31. The fourth-order valence-corrected chi connectivity index (χ4v) is 3.86. The van der Waals surface area contributed by atoms with E-state index in [9.17, 15) is 18.1 Å². The lowest BCUT2D eigenvalue weighted by molar-refractivity contribution is -0.687. The van der Waals surface area contributed by atoms with Crippen LogP contribution in [0.3, 0.4) is 0 Å². The predicted molar refractivity (Wildman–Crippen MR) is 143 cm³/mol. The van der Waals surface area contributed by atoms with E-state index in [2.05, 4.69) is 42.0 Å². The Morgan fingerprint density at radius 3 is 2.11 bits per heavy atom. The molecule has 0 amide bonds. The van der Waals surface area contributed by atoms with Crippen LogP contribution in [-0.2, 0) is 23.2 Å². The fraction of sp³-hybridized carbons (Fsp3) is 0.138. The van der Waals surface area contributed by atoms with E-state index in [0.29, 0.717) is 6.54 Å². The molecule has 0 radical (unpaired) electrons. The zero-order valence-electron chi connectivity index (χ0n) is 20.4. The summed E-state index contributed by atoms with van der Waals surface area (Å²) in [5.74, 6) is 0.770. The molecule has 4 rings (SSSR count). The maximum atomic E-state index is 10.5. The van der Waals surface area contributed by atoms with Gasteiger partial charge in [0.25, 0.3) is 0 Å². The molecule has 4 aromatic rings. The Hall–Kier alpha value is -3.98. The molecule has 37 heavy (non-hydrogen) atoms. The number of aromatic nitrogens is 2. The fourth-order valence-electron chi connectivity index (χ4n) is 3.39. The monoisotopic (exact) mass is 518 g/mol. The summed E-state index contributed by atoms with van der Waals surface area (Å²) in [6, 6.07) is 23.4. The average Bonchev–Trinajstić information content (AvgIpc) is 3.35. The third-order valence-corrected chi connectivity index (χ3v) is 6.19. The molecular weight excluding hydrogens is 488 g/mol. The molecule has 0 aliphatic rings. The van der Waals surface area contributed by atoms with Gasteiger partial charge in [-0.2, -0.15) is 0 Å². The van der Waals surface area contributed by atoms with Gasteiger partial charge in [-0.1, -0.05) is 79.9 Å². The van der Waals surface area contributed by atoms with Crippen molar-refractivity contribution in [2.75, 3.05) is 6.61 Å². The summed E-state index contributed by atoms with van der Waals surface area (Å²) in [5.41, 5.74) is 3.12. The van der Waals surface area contributed by atoms with Gasteiger partial charge >= 0.3 is 0 Å². The minimum Gasteiger partial charge on any atom is -0.744 e. The van der Waals surface area contributed by atoms with Crippen molar-refractivity contribution in [3.05, 3.63) is 127 Å². The Morgan fingerprint density at radius 1 is 0.946 bits per heavy atom. The van der Waals surface area contributed by atoms with E-state index in [1.54, 1.807) is 6.08 Å². The third-order valence-electron chi connectivity index (χ3n) is 5.34. The molecule has 0 saturated heterocycles. The van der Waals surface area contributed by atoms with Gasteiger partial charge in [0.1, 0.15) is 54.1 Å². The smallest absolute Gasteiger partial charge is 0.244 e. The minimum atomic E-state index is -4.31. The van der Waals surface area contributed by atoms with Crippen LogP contribution in [0.25, 0.3) is 12.2 Å². The van der Waals surface area contributed by atoms with Crippen LogP contribution in [-0.4, -0.2) is 35.4 Å². The Bertz CT molecular complexity index is 1380. The second-order valence-corrected chi connectivity index (χ2v) is 9.61. The van der Waals surface area contributed by atoms with Crippen LogP contribution in [0.2, 0.25) is 0 Å². The number of aliphatic hydroxyl groups is 1. The van der Waals surface area contributed by atoms with Gasteiger partial charge in [0.05, 0.1) is 4.90 Å². The SMILES string of the molecule is C=Cc1ccc(C[n+]2ccn(CC(O)COc3ccccc3)c2)cc1.C=Cc1ccc(S(=O)(=O)[O-])cc1. The molecule has 0 spiro atoms. The molecule has 8 heteroatoms. The van der Waals surface area contributed by atoms with Gasteiger partial charge in [0.2, 0.25) is 6.33 Å². The standard InChI is InChI=1S/C21H23N2O2.C8H8O3S/c1-2-18-8-10-19(11-9-18)14-22-12-13-23(17-22)15-20(24)16-25-21-6-4-3-5-7-21;1-2-7-3-5-8(6-4-7)12(9,10)11/h2-13,17,20,24H,1,14-16H2;2-6H,1H2,(H,9,10,11)/q+1;/p-1. The number of aliphatic hydroxyl groups excluding tert-OH is 1. The number of hydrogen-bond donors (Lipinski definition) is 1. The van der Waals surface area contributed by atoms with Crippen LogP contribution in [0, 0.1) is 0 Å². The number of para-hydroxylation sites is 1. The molecule has 0 aliphatic heterocycles. The highest BCUT2D eigenvalue weighted by molar-refractivity contribution is 7.85. The first-order valence-corrected chi connectivity index (χ1v) is 13.0. The topological polar surface area (TPSA) is 95.5 Å². The van der Waals surface area contributed by atoms with Crippen molar-refractivity contribution in [2.45, 2.75) is 24.1 Å². The molecular formula is C29H30N2O5S. The lowest BCUT2D eigenvalue weighted by atomic mass is 10.1. The second-order valence-electron chi connectivity index (χ2n) is 8.23. The van der Waals surface area contributed by atoms with E-state index in [0.717, 1.165) is 23.4 Å². The number of ether oxygens (including phenoxy) is 1. The highest BCUT2D eigenvalue weighted by Crippen LogP contribution is 2.11. The van der Waals surface area contributed by atoms with Gasteiger partial charge < -0.3 is 14.4 Å². The molecule has 0 bridgehead atoms. The number of hydrogen-bond acceptors (Lipinski definition) is 5. The number of nitrogens with zero attached hydrogens (tertiary/aromatic N) is 2. The van der Waals surface area contributed by atoms with Crippen molar-refractivity contribution in [1.82, 2.24) is 4.57 Å². The van der Waals surface area contributed by atoms with Gasteiger partial charge in [-0.15, -0.1) is 0 Å². The first kappa shape index (κ1) is 27.6. The summed E-state index contributed by atoms with van der Waals surface area (Å²) >= 11 is 0. The van der Waals surface area contributed by atoms with Crippen LogP contribution in [0.1, 0.15) is 16.7 Å². The Kier molecular flexibility index (Phi) is 9.97. The summed E-state index contributed by atoms with van der Waals surface area (Å²) in [6.07, 6.45) is 8.81. The van der Waals surface area contributed by atoms with Crippen molar-refractivity contribution < 1.29 is 27.4 Å². The van der Waals surface area contributed by atoms with E-state index in [1.165, 1.54) is 29.8 Å². The number of benzene rings is 3. The van der Waals surface area contributed by atoms with Crippen molar-refractivity contribution in [2.24, 2.45) is 0 Å². The van der Waals surface area contributed by atoms with E-state index in [4.69, 9.17) is 4.74 Å². The molecule has 0 fully saturated rings. The van der Waals surface area contributed by atoms with Crippen molar-refractivity contribution in [3.8, 4) is 5.75 Å². The normalized spacial score (nSPS) is 11.6. The van der Waals surface area contributed by atoms with Crippen LogP contribution in [0.15, 0.2) is 116 Å². The molecule has 0 aliphatic carbocycles. The van der Waals surface area contributed by atoms with E-state index < -0.39 is 16.2 Å². The summed E-state index contributed by atoms with van der Waals surface area (Å²) in [5, 5.41) is 10.2. The highest BCUT2D eigenvalue weighted by Gasteiger charge is 2.12. The summed E-state index contributed by atoms with van der Waals surface area (Å²) in [6.45, 7) is 8.82. The lowest BCUT2D eigenvalue weighted by Gasteiger charge is -2.10. The molecule has 1 N–H and O–H groups in total. The molecule has 7 nitrogen and oxygen atoms in total. The first-order valence-electron chi connectivity index (χ1n) is 11.6. The van der Waals surface area contributed by atoms with Crippen molar-refractivity contribution in [1.29, 1.82) is 0 Å². The molecule has 1 unspecified atom stereocenters. The lowest BCUT2D eigenvalue weighted by Crippen LogP contribution is -2.32. The van der Waals surface area contributed by atoms with Crippen molar-refractivity contribution >= 4 is 22.3 Å². The molecule has 1 aromatic heterocycles. The molecule has 1 atom stereocenters. The largest absolute Gasteiger partial charge is 0.744 e. The number of rotatable bonds is 10. The first-order chi connectivity index (χ1) is 17.8. The Labute approximate surface area is 218 Å². The Morgan fingerprint density at radius 2 is 1.54 bits per heavy atom. The molecule has 192 valence electrons. The van der Waals surface area contributed by atoms with Gasteiger partial charge in [0.15, 0.2) is 0 Å². The van der Waals surface area contributed by atoms with Crippen molar-refractivity contribution in [3.63, 3.8) is 0 Å². The van der Waals surface area contributed by atoms with E-state index >= 15 is 0 Å². The molecule has 0 saturated carbocycles. The quantitative estimate of drug-likeness (QED) is 0.252. The minimum absolute atomic E-state index is 0.215. The van der Waals surface area contributed by atoms with E-state index in [-0.39, 0.29) is 11.5 Å². The van der Waals surface area contributed by atoms with Gasteiger partial charge in [0, 0.05) is 0 Å². The average molecular weight is 519 g/mol. The second kappa shape index (κ2) is 13.4. The zero-order valence-corrected chi connectivity index (χ0v) is 21.2. The van der Waals surface area contributed by atoms with Crippen LogP contribution in [0.5, 0.6) is 5.75 Å².